The van der Waals surface area contributed by atoms with Crippen molar-refractivity contribution in [3.8, 4) is 0 Å². The van der Waals surface area contributed by atoms with Crippen molar-refractivity contribution in [1.82, 2.24) is 4.31 Å². The molecule has 1 aromatic carbocycles. The Balaban J connectivity index is 3.44. The maximum atomic E-state index is 12.9. The van der Waals surface area contributed by atoms with Gasteiger partial charge in [0.1, 0.15) is 4.90 Å². The monoisotopic (exact) mass is 353 g/mol. The number of benzene rings is 1. The molecule has 0 aliphatic rings. The molecule has 0 saturated heterocycles. The van der Waals surface area contributed by atoms with Gasteiger partial charge in [-0.1, -0.05) is 37.0 Å². The fourth-order valence-electron chi connectivity index (χ4n) is 1.99. The summed E-state index contributed by atoms with van der Waals surface area (Å²) >= 11 is 12.1. The molecule has 1 N–H and O–H groups in total. The number of nitrogens with zero attached hydrogens (tertiary/aromatic N) is 1. The zero-order chi connectivity index (χ0) is 16.4. The SMILES string of the molecule is CC(C)CN(C(C)C)S(=O)(=O)c1cc(Cl)cc(CO)c1Cl. The highest BCUT2D eigenvalue weighted by atomic mass is 35.5. The van der Waals surface area contributed by atoms with Crippen LogP contribution in [0.4, 0.5) is 0 Å². The van der Waals surface area contributed by atoms with Crippen LogP contribution in [0.2, 0.25) is 10.0 Å². The molecule has 4 nitrogen and oxygen atoms in total. The number of rotatable bonds is 6. The second-order valence-corrected chi connectivity index (χ2v) is 8.27. The second kappa shape index (κ2) is 7.29. The van der Waals surface area contributed by atoms with Crippen molar-refractivity contribution in [1.29, 1.82) is 0 Å². The highest BCUT2D eigenvalue weighted by Gasteiger charge is 2.30. The molecule has 0 aromatic heterocycles. The number of halogens is 2. The van der Waals surface area contributed by atoms with Crippen molar-refractivity contribution in [3.63, 3.8) is 0 Å². The molecule has 7 heteroatoms. The zero-order valence-electron chi connectivity index (χ0n) is 12.6. The van der Waals surface area contributed by atoms with Crippen LogP contribution in [0.1, 0.15) is 33.3 Å². The van der Waals surface area contributed by atoms with Crippen molar-refractivity contribution >= 4 is 33.2 Å². The summed E-state index contributed by atoms with van der Waals surface area (Å²) in [6, 6.07) is 2.59. The molecule has 0 aliphatic heterocycles. The molecule has 0 fully saturated rings. The minimum absolute atomic E-state index is 0.0244. The van der Waals surface area contributed by atoms with Gasteiger partial charge in [0.15, 0.2) is 0 Å². The molecule has 0 bridgehead atoms. The van der Waals surface area contributed by atoms with E-state index in [1.165, 1.54) is 16.4 Å². The molecule has 0 atom stereocenters. The Bertz CT molecular complexity index is 600. The van der Waals surface area contributed by atoms with Crippen LogP contribution in [-0.4, -0.2) is 30.4 Å². The molecule has 0 amide bonds. The first kappa shape index (κ1) is 18.7. The predicted molar refractivity (Wildman–Crippen MR) is 86.3 cm³/mol. The van der Waals surface area contributed by atoms with E-state index in [2.05, 4.69) is 0 Å². The average Bonchev–Trinajstić information content (AvgIpc) is 2.37. The summed E-state index contributed by atoms with van der Waals surface area (Å²) in [6.45, 7) is 7.54. The van der Waals surface area contributed by atoms with Gasteiger partial charge in [0.05, 0.1) is 11.6 Å². The van der Waals surface area contributed by atoms with Crippen molar-refractivity contribution in [2.75, 3.05) is 6.54 Å². The number of aliphatic hydroxyl groups excluding tert-OH is 1. The van der Waals surface area contributed by atoms with E-state index < -0.39 is 10.0 Å². The number of sulfonamides is 1. The van der Waals surface area contributed by atoms with Gasteiger partial charge in [-0.15, -0.1) is 0 Å². The molecule has 120 valence electrons. The van der Waals surface area contributed by atoms with Crippen LogP contribution >= 0.6 is 23.2 Å². The molecule has 0 radical (unpaired) electrons. The molecule has 0 heterocycles. The van der Waals surface area contributed by atoms with Crippen molar-refractivity contribution in [2.24, 2.45) is 5.92 Å². The van der Waals surface area contributed by atoms with Crippen molar-refractivity contribution in [2.45, 2.75) is 45.2 Å². The highest BCUT2D eigenvalue weighted by molar-refractivity contribution is 7.89. The van der Waals surface area contributed by atoms with E-state index in [-0.39, 0.29) is 33.5 Å². The molecule has 21 heavy (non-hydrogen) atoms. The van der Waals surface area contributed by atoms with Crippen LogP contribution in [0.3, 0.4) is 0 Å². The minimum Gasteiger partial charge on any atom is -0.392 e. The van der Waals surface area contributed by atoms with Crippen LogP contribution < -0.4 is 0 Å². The quantitative estimate of drug-likeness (QED) is 0.850. The molecular formula is C14H21Cl2NO3S. The largest absolute Gasteiger partial charge is 0.392 e. The van der Waals surface area contributed by atoms with Crippen LogP contribution in [0.25, 0.3) is 0 Å². The van der Waals surface area contributed by atoms with Crippen LogP contribution in [0.15, 0.2) is 17.0 Å². The Hall–Kier alpha value is -0.330. The van der Waals surface area contributed by atoms with Gasteiger partial charge >= 0.3 is 0 Å². The van der Waals surface area contributed by atoms with Crippen molar-refractivity contribution in [3.05, 3.63) is 27.7 Å². The molecule has 0 unspecified atom stereocenters. The van der Waals surface area contributed by atoms with E-state index in [1.54, 1.807) is 0 Å². The lowest BCUT2D eigenvalue weighted by Gasteiger charge is -2.28. The Kier molecular flexibility index (Phi) is 6.50. The molecule has 0 spiro atoms. The highest BCUT2D eigenvalue weighted by Crippen LogP contribution is 2.32. The summed E-state index contributed by atoms with van der Waals surface area (Å²) in [4.78, 5) is -0.0601. The summed E-state index contributed by atoms with van der Waals surface area (Å²) < 4.78 is 27.1. The van der Waals surface area contributed by atoms with Gasteiger partial charge < -0.3 is 5.11 Å². The van der Waals surface area contributed by atoms with E-state index in [1.807, 2.05) is 27.7 Å². The Morgan fingerprint density at radius 3 is 2.19 bits per heavy atom. The molecular weight excluding hydrogens is 333 g/mol. The fourth-order valence-corrected chi connectivity index (χ4v) is 4.70. The summed E-state index contributed by atoms with van der Waals surface area (Å²) in [5.74, 6) is 0.178. The lowest BCUT2D eigenvalue weighted by atomic mass is 10.2. The standard InChI is InChI=1S/C14H21Cl2NO3S/c1-9(2)7-17(10(3)4)21(19,20)13-6-12(15)5-11(8-18)14(13)16/h5-6,9-10,18H,7-8H2,1-4H3. The van der Waals surface area contributed by atoms with E-state index >= 15 is 0 Å². The second-order valence-electron chi connectivity index (χ2n) is 5.60. The number of hydrogen-bond acceptors (Lipinski definition) is 3. The van der Waals surface area contributed by atoms with Crippen LogP contribution in [0, 0.1) is 5.92 Å². The Morgan fingerprint density at radius 1 is 1.19 bits per heavy atom. The summed E-state index contributed by atoms with van der Waals surface area (Å²) in [7, 11) is -3.78. The smallest absolute Gasteiger partial charge is 0.244 e. The summed E-state index contributed by atoms with van der Waals surface area (Å²) in [6.07, 6.45) is 0. The first-order valence-corrected chi connectivity index (χ1v) is 8.91. The van der Waals surface area contributed by atoms with Crippen LogP contribution in [0.5, 0.6) is 0 Å². The third kappa shape index (κ3) is 4.33. The maximum Gasteiger partial charge on any atom is 0.244 e. The van der Waals surface area contributed by atoms with E-state index in [9.17, 15) is 13.5 Å². The van der Waals surface area contributed by atoms with Gasteiger partial charge in [0.2, 0.25) is 10.0 Å². The molecule has 1 aromatic rings. The lowest BCUT2D eigenvalue weighted by molar-refractivity contribution is 0.281. The van der Waals surface area contributed by atoms with Crippen molar-refractivity contribution < 1.29 is 13.5 Å². The minimum atomic E-state index is -3.78. The molecule has 0 aliphatic carbocycles. The normalized spacial score (nSPS) is 12.7. The van der Waals surface area contributed by atoms with Gasteiger partial charge in [0.25, 0.3) is 0 Å². The lowest BCUT2D eigenvalue weighted by Crippen LogP contribution is -2.39. The first-order chi connectivity index (χ1) is 9.61. The molecule has 0 saturated carbocycles. The van der Waals surface area contributed by atoms with Crippen LogP contribution in [-0.2, 0) is 16.6 Å². The first-order valence-electron chi connectivity index (χ1n) is 6.71. The maximum absolute atomic E-state index is 12.9. The topological polar surface area (TPSA) is 57.6 Å². The Labute approximate surface area is 136 Å². The third-order valence-electron chi connectivity index (χ3n) is 2.96. The zero-order valence-corrected chi connectivity index (χ0v) is 14.9. The van der Waals surface area contributed by atoms with Gasteiger partial charge in [-0.3, -0.25) is 0 Å². The summed E-state index contributed by atoms with van der Waals surface area (Å²) in [5, 5.41) is 9.53. The average molecular weight is 354 g/mol. The predicted octanol–water partition coefficient (Wildman–Crippen LogP) is 3.54. The van der Waals surface area contributed by atoms with Gasteiger partial charge in [-0.2, -0.15) is 4.31 Å². The third-order valence-corrected chi connectivity index (χ3v) is 5.80. The van der Waals surface area contributed by atoms with E-state index in [0.717, 1.165) is 0 Å². The number of aliphatic hydroxyl groups is 1. The molecule has 1 rings (SSSR count). The number of hydrogen-bond donors (Lipinski definition) is 1. The fraction of sp³-hybridized carbons (Fsp3) is 0.571. The summed E-state index contributed by atoms with van der Waals surface area (Å²) in [5.41, 5.74) is 0.302. The van der Waals surface area contributed by atoms with Gasteiger partial charge in [-0.05, 0) is 37.5 Å². The Morgan fingerprint density at radius 2 is 1.76 bits per heavy atom. The van der Waals surface area contributed by atoms with E-state index in [4.69, 9.17) is 23.2 Å². The van der Waals surface area contributed by atoms with Gasteiger partial charge in [-0.25, -0.2) is 8.42 Å². The van der Waals surface area contributed by atoms with E-state index in [0.29, 0.717) is 12.1 Å². The van der Waals surface area contributed by atoms with Gasteiger partial charge in [0, 0.05) is 17.6 Å².